The third-order valence-electron chi connectivity index (χ3n) is 1.52. The highest BCUT2D eigenvalue weighted by molar-refractivity contribution is 5.86. The highest BCUT2D eigenvalue weighted by Gasteiger charge is 1.92. The summed E-state index contributed by atoms with van der Waals surface area (Å²) in [4.78, 5) is 10.7. The second-order valence-electron chi connectivity index (χ2n) is 2.42. The van der Waals surface area contributed by atoms with E-state index in [4.69, 9.17) is 0 Å². The van der Waals surface area contributed by atoms with Crippen LogP contribution in [0.25, 0.3) is 0 Å². The second kappa shape index (κ2) is 4.38. The maximum absolute atomic E-state index is 10.7. The van der Waals surface area contributed by atoms with Crippen LogP contribution in [0.2, 0.25) is 0 Å². The van der Waals surface area contributed by atoms with Gasteiger partial charge in [0.05, 0.1) is 0 Å². The van der Waals surface area contributed by atoms with Crippen LogP contribution in [0.5, 0.6) is 0 Å². The van der Waals surface area contributed by atoms with E-state index < -0.39 is 0 Å². The van der Waals surface area contributed by atoms with Crippen molar-refractivity contribution in [3.8, 4) is 0 Å². The van der Waals surface area contributed by atoms with Gasteiger partial charge < -0.3 is 9.88 Å². The van der Waals surface area contributed by atoms with Gasteiger partial charge in [-0.05, 0) is 18.2 Å². The number of carbonyl (C=O) groups is 1. The first-order chi connectivity index (χ1) is 5.83. The van der Waals surface area contributed by atoms with Crippen molar-refractivity contribution in [2.24, 2.45) is 0 Å². The van der Waals surface area contributed by atoms with Crippen molar-refractivity contribution in [1.82, 2.24) is 9.88 Å². The highest BCUT2D eigenvalue weighted by Crippen LogP contribution is 1.87. The van der Waals surface area contributed by atoms with Crippen LogP contribution in [0.3, 0.4) is 0 Å². The predicted molar refractivity (Wildman–Crippen MR) is 47.6 cm³/mol. The van der Waals surface area contributed by atoms with Crippen LogP contribution in [0.4, 0.5) is 0 Å². The molecule has 0 aromatic carbocycles. The molecule has 1 aromatic heterocycles. The van der Waals surface area contributed by atoms with Gasteiger partial charge in [-0.1, -0.05) is 6.58 Å². The maximum Gasteiger partial charge on any atom is 0.243 e. The molecular formula is C9H12N2O. The van der Waals surface area contributed by atoms with Gasteiger partial charge in [-0.2, -0.15) is 0 Å². The van der Waals surface area contributed by atoms with E-state index in [1.54, 1.807) is 0 Å². The number of aromatic nitrogens is 1. The molecule has 1 heterocycles. The largest absolute Gasteiger partial charge is 0.353 e. The van der Waals surface area contributed by atoms with E-state index in [9.17, 15) is 4.79 Å². The summed E-state index contributed by atoms with van der Waals surface area (Å²) in [5, 5.41) is 2.69. The average Bonchev–Trinajstić information content (AvgIpc) is 2.57. The lowest BCUT2D eigenvalue weighted by atomic mass is 10.5. The minimum Gasteiger partial charge on any atom is -0.353 e. The van der Waals surface area contributed by atoms with Crippen molar-refractivity contribution in [2.75, 3.05) is 6.54 Å². The van der Waals surface area contributed by atoms with Gasteiger partial charge in [0.1, 0.15) is 0 Å². The Morgan fingerprint density at radius 1 is 1.50 bits per heavy atom. The van der Waals surface area contributed by atoms with Crippen LogP contribution in [0.15, 0.2) is 37.2 Å². The van der Waals surface area contributed by atoms with Crippen LogP contribution in [-0.2, 0) is 11.3 Å². The third-order valence-corrected chi connectivity index (χ3v) is 1.52. The van der Waals surface area contributed by atoms with E-state index in [-0.39, 0.29) is 5.91 Å². The molecule has 1 rings (SSSR count). The Hall–Kier alpha value is -1.51. The van der Waals surface area contributed by atoms with E-state index in [0.717, 1.165) is 6.54 Å². The summed E-state index contributed by atoms with van der Waals surface area (Å²) >= 11 is 0. The molecule has 0 aliphatic heterocycles. The van der Waals surface area contributed by atoms with E-state index in [2.05, 4.69) is 11.9 Å². The lowest BCUT2D eigenvalue weighted by molar-refractivity contribution is -0.116. The molecule has 64 valence electrons. The Bertz CT molecular complexity index is 252. The Morgan fingerprint density at radius 2 is 2.17 bits per heavy atom. The first kappa shape index (κ1) is 8.59. The molecular weight excluding hydrogens is 152 g/mol. The molecule has 0 aliphatic rings. The van der Waals surface area contributed by atoms with Crippen molar-refractivity contribution in [3.63, 3.8) is 0 Å². The molecule has 1 N–H and O–H groups in total. The lowest BCUT2D eigenvalue weighted by Gasteiger charge is -2.02. The number of hydrogen-bond acceptors (Lipinski definition) is 1. The topological polar surface area (TPSA) is 34.0 Å². The van der Waals surface area contributed by atoms with Crippen molar-refractivity contribution in [3.05, 3.63) is 37.2 Å². The Morgan fingerprint density at radius 3 is 2.75 bits per heavy atom. The fourth-order valence-corrected chi connectivity index (χ4v) is 0.900. The second-order valence-corrected chi connectivity index (χ2v) is 2.42. The smallest absolute Gasteiger partial charge is 0.243 e. The van der Waals surface area contributed by atoms with E-state index in [1.165, 1.54) is 6.08 Å². The monoisotopic (exact) mass is 164 g/mol. The number of amides is 1. The van der Waals surface area contributed by atoms with Gasteiger partial charge in [0.15, 0.2) is 0 Å². The summed E-state index contributed by atoms with van der Waals surface area (Å²) in [5.41, 5.74) is 0. The summed E-state index contributed by atoms with van der Waals surface area (Å²) in [6.45, 7) is 4.79. The van der Waals surface area contributed by atoms with Crippen LogP contribution >= 0.6 is 0 Å². The minimum atomic E-state index is -0.123. The van der Waals surface area contributed by atoms with Crippen molar-refractivity contribution >= 4 is 5.91 Å². The molecule has 12 heavy (non-hydrogen) atoms. The summed E-state index contributed by atoms with van der Waals surface area (Å²) < 4.78 is 2.00. The molecule has 0 saturated carbocycles. The van der Waals surface area contributed by atoms with E-state index >= 15 is 0 Å². The highest BCUT2D eigenvalue weighted by atomic mass is 16.1. The molecule has 0 atom stereocenters. The first-order valence-corrected chi connectivity index (χ1v) is 3.84. The molecule has 3 heteroatoms. The molecule has 1 aromatic rings. The summed E-state index contributed by atoms with van der Waals surface area (Å²) in [7, 11) is 0. The molecule has 1 amide bonds. The fraction of sp³-hybridized carbons (Fsp3) is 0.222. The fourth-order valence-electron chi connectivity index (χ4n) is 0.900. The van der Waals surface area contributed by atoms with Crippen LogP contribution < -0.4 is 5.32 Å². The van der Waals surface area contributed by atoms with Gasteiger partial charge in [-0.15, -0.1) is 0 Å². The molecule has 0 spiro atoms. The van der Waals surface area contributed by atoms with Gasteiger partial charge in [-0.3, -0.25) is 4.79 Å². The molecule has 0 bridgehead atoms. The van der Waals surface area contributed by atoms with Gasteiger partial charge in [0.25, 0.3) is 0 Å². The number of hydrogen-bond donors (Lipinski definition) is 1. The van der Waals surface area contributed by atoms with Crippen molar-refractivity contribution in [2.45, 2.75) is 6.54 Å². The molecule has 0 unspecified atom stereocenters. The summed E-state index contributed by atoms with van der Waals surface area (Å²) in [6, 6.07) is 3.91. The predicted octanol–water partition coefficient (Wildman–Crippen LogP) is 0.790. The molecule has 3 nitrogen and oxygen atoms in total. The van der Waals surface area contributed by atoms with Crippen LogP contribution in [0.1, 0.15) is 0 Å². The molecule has 0 radical (unpaired) electrons. The summed E-state index contributed by atoms with van der Waals surface area (Å²) in [6.07, 6.45) is 5.19. The third kappa shape index (κ3) is 2.62. The zero-order valence-corrected chi connectivity index (χ0v) is 6.86. The molecule has 0 fully saturated rings. The minimum absolute atomic E-state index is 0.123. The van der Waals surface area contributed by atoms with Crippen molar-refractivity contribution < 1.29 is 4.79 Å². The van der Waals surface area contributed by atoms with Gasteiger partial charge in [-0.25, -0.2) is 0 Å². The van der Waals surface area contributed by atoms with E-state index in [1.807, 2.05) is 29.1 Å². The molecule has 0 saturated heterocycles. The number of nitrogens with zero attached hydrogens (tertiary/aromatic N) is 1. The Labute approximate surface area is 71.7 Å². The Balaban J connectivity index is 2.19. The number of nitrogens with one attached hydrogen (secondary N) is 1. The Kier molecular flexibility index (Phi) is 3.14. The lowest BCUT2D eigenvalue weighted by Crippen LogP contribution is -2.24. The van der Waals surface area contributed by atoms with Crippen LogP contribution in [-0.4, -0.2) is 17.0 Å². The SMILES string of the molecule is C=CC(=O)NCCn1cccc1. The quantitative estimate of drug-likeness (QED) is 0.656. The number of carbonyl (C=O) groups excluding carboxylic acids is 1. The summed E-state index contributed by atoms with van der Waals surface area (Å²) in [5.74, 6) is -0.123. The maximum atomic E-state index is 10.7. The first-order valence-electron chi connectivity index (χ1n) is 3.84. The van der Waals surface area contributed by atoms with Crippen molar-refractivity contribution in [1.29, 1.82) is 0 Å². The zero-order chi connectivity index (χ0) is 8.81. The molecule has 0 aliphatic carbocycles. The standard InChI is InChI=1S/C9H12N2O/c1-2-9(12)10-5-8-11-6-3-4-7-11/h2-4,6-7H,1,5,8H2,(H,10,12). The van der Waals surface area contributed by atoms with Gasteiger partial charge >= 0.3 is 0 Å². The van der Waals surface area contributed by atoms with Gasteiger partial charge in [0, 0.05) is 25.5 Å². The normalized spacial score (nSPS) is 9.33. The van der Waals surface area contributed by atoms with Gasteiger partial charge in [0.2, 0.25) is 5.91 Å². The average molecular weight is 164 g/mol. The van der Waals surface area contributed by atoms with E-state index in [0.29, 0.717) is 6.54 Å². The van der Waals surface area contributed by atoms with Crippen LogP contribution in [0, 0.1) is 0 Å². The number of rotatable bonds is 4. The zero-order valence-electron chi connectivity index (χ0n) is 6.86.